The van der Waals surface area contributed by atoms with E-state index in [9.17, 15) is 62.4 Å². The molecule has 1 heterocycles. The number of phenolic OH excluding ortho intramolecular Hbond substituents is 1. The molecule has 24 heteroatoms. The van der Waals surface area contributed by atoms with Crippen molar-refractivity contribution in [2.24, 2.45) is 17.4 Å². The lowest BCUT2D eigenvalue weighted by Crippen LogP contribution is -2.66. The topological polar surface area (TPSA) is 390 Å². The van der Waals surface area contributed by atoms with Crippen molar-refractivity contribution in [2.45, 2.75) is 139 Å². The van der Waals surface area contributed by atoms with Crippen LogP contribution in [0, 0.1) is 5.92 Å². The molecule has 1 aliphatic carbocycles. The highest BCUT2D eigenvalue weighted by Gasteiger charge is 2.44. The van der Waals surface area contributed by atoms with Gasteiger partial charge in [-0.05, 0) is 68.6 Å². The molecule has 1 spiro atoms. The number of rotatable bonds is 11. The number of carboxylic acids is 1. The lowest BCUT2D eigenvalue weighted by Gasteiger charge is -2.38. The van der Waals surface area contributed by atoms with E-state index in [-0.39, 0.29) is 81.7 Å². The fourth-order valence-corrected chi connectivity index (χ4v) is 8.69. The molecular formula is C42H64N10O13S. The predicted molar refractivity (Wildman–Crippen MR) is 239 cm³/mol. The average Bonchev–Trinajstić information content (AvgIpc) is 3.22. The Morgan fingerprint density at radius 3 is 2.09 bits per heavy atom. The van der Waals surface area contributed by atoms with Crippen LogP contribution in [0.1, 0.15) is 103 Å². The normalized spacial score (nSPS) is 24.9. The molecule has 23 nitrogen and oxygen atoms in total. The SMILES string of the molecule is CC(C)C[C@@H]1NC(=O)[C@H](CCCC(=O)O)NC(=O)CS(=O)C[C@H](C(N)=O)NC(=O)CCCCNC(=O)[C@H](CC(N)=O)NC(=O)C2(CCCCC2)NC(=O)[C@H](Cc2ccc(O)c(N)c2)NC1=O. The molecule has 15 N–H and O–H groups in total. The summed E-state index contributed by atoms with van der Waals surface area (Å²) < 4.78 is 13.1. The molecular weight excluding hydrogens is 885 g/mol. The minimum absolute atomic E-state index is 0.00619. The van der Waals surface area contributed by atoms with Gasteiger partial charge in [0, 0.05) is 36.6 Å². The molecule has 0 bridgehead atoms. The zero-order chi connectivity index (χ0) is 49.1. The number of carbonyl (C=O) groups is 10. The number of nitrogen functional groups attached to an aromatic ring is 1. The summed E-state index contributed by atoms with van der Waals surface area (Å²) in [6, 6.07) is -3.07. The second-order valence-corrected chi connectivity index (χ2v) is 18.6. The molecule has 1 aromatic rings. The van der Waals surface area contributed by atoms with Crippen LogP contribution in [0.15, 0.2) is 18.2 Å². The van der Waals surface area contributed by atoms with E-state index in [0.717, 1.165) is 0 Å². The molecule has 66 heavy (non-hydrogen) atoms. The molecule has 1 saturated heterocycles. The molecule has 2 aliphatic rings. The van der Waals surface area contributed by atoms with E-state index in [1.807, 2.05) is 0 Å². The van der Waals surface area contributed by atoms with Crippen molar-refractivity contribution in [3.8, 4) is 5.75 Å². The second-order valence-electron chi connectivity index (χ2n) is 17.1. The fourth-order valence-electron chi connectivity index (χ4n) is 7.58. The van der Waals surface area contributed by atoms with Crippen LogP contribution in [0.25, 0.3) is 0 Å². The number of carbonyl (C=O) groups excluding carboxylic acids is 9. The summed E-state index contributed by atoms with van der Waals surface area (Å²) in [5, 5.41) is 37.4. The first-order chi connectivity index (χ1) is 31.1. The van der Waals surface area contributed by atoms with Crippen molar-refractivity contribution < 1.29 is 62.4 Å². The summed E-state index contributed by atoms with van der Waals surface area (Å²) in [5.41, 5.74) is 15.6. The van der Waals surface area contributed by atoms with Gasteiger partial charge in [0.2, 0.25) is 53.2 Å². The van der Waals surface area contributed by atoms with Gasteiger partial charge in [0.15, 0.2) is 0 Å². The van der Waals surface area contributed by atoms with Gasteiger partial charge in [-0.3, -0.25) is 52.2 Å². The van der Waals surface area contributed by atoms with Gasteiger partial charge in [-0.15, -0.1) is 0 Å². The van der Waals surface area contributed by atoms with Gasteiger partial charge in [0.05, 0.1) is 17.9 Å². The van der Waals surface area contributed by atoms with Crippen LogP contribution < -0.4 is 54.4 Å². The van der Waals surface area contributed by atoms with Gasteiger partial charge in [0.1, 0.15) is 47.3 Å². The quantitative estimate of drug-likeness (QED) is 0.0805. The first kappa shape index (κ1) is 54.0. The van der Waals surface area contributed by atoms with Gasteiger partial charge < -0.3 is 64.6 Å². The number of hydrogen-bond donors (Lipinski definition) is 12. The highest BCUT2D eigenvalue weighted by Crippen LogP contribution is 2.29. The zero-order valence-electron chi connectivity index (χ0n) is 37.2. The Balaban J connectivity index is 2.09. The molecule has 6 atom stereocenters. The Morgan fingerprint density at radius 1 is 0.803 bits per heavy atom. The Bertz CT molecular complexity index is 1990. The number of benzene rings is 1. The minimum atomic E-state index is -2.13. The van der Waals surface area contributed by atoms with Gasteiger partial charge in [0.25, 0.3) is 0 Å². The Morgan fingerprint density at radius 2 is 1.47 bits per heavy atom. The highest BCUT2D eigenvalue weighted by atomic mass is 32.2. The molecule has 1 unspecified atom stereocenters. The molecule has 0 aromatic heterocycles. The summed E-state index contributed by atoms with van der Waals surface area (Å²) in [7, 11) is -2.13. The van der Waals surface area contributed by atoms with Gasteiger partial charge in [-0.25, -0.2) is 0 Å². The number of aromatic hydroxyl groups is 1. The van der Waals surface area contributed by atoms with Crippen molar-refractivity contribution >= 4 is 75.6 Å². The number of carboxylic acid groups (broad SMARTS) is 1. The smallest absolute Gasteiger partial charge is 0.303 e. The molecule has 2 fully saturated rings. The van der Waals surface area contributed by atoms with Crippen LogP contribution in [0.4, 0.5) is 5.69 Å². The minimum Gasteiger partial charge on any atom is -0.506 e. The van der Waals surface area contributed by atoms with Crippen molar-refractivity contribution in [2.75, 3.05) is 23.8 Å². The van der Waals surface area contributed by atoms with Crippen LogP contribution >= 0.6 is 0 Å². The van der Waals surface area contributed by atoms with Crippen molar-refractivity contribution in [3.63, 3.8) is 0 Å². The first-order valence-corrected chi connectivity index (χ1v) is 23.4. The molecule has 1 saturated carbocycles. The lowest BCUT2D eigenvalue weighted by atomic mass is 9.80. The third-order valence-corrected chi connectivity index (χ3v) is 12.3. The summed E-state index contributed by atoms with van der Waals surface area (Å²) in [6.45, 7) is 3.48. The molecule has 366 valence electrons. The van der Waals surface area contributed by atoms with Crippen LogP contribution in [-0.2, 0) is 65.2 Å². The summed E-state index contributed by atoms with van der Waals surface area (Å²) in [4.78, 5) is 132. The van der Waals surface area contributed by atoms with Crippen LogP contribution in [0.3, 0.4) is 0 Å². The molecule has 1 aliphatic heterocycles. The highest BCUT2D eigenvalue weighted by molar-refractivity contribution is 7.85. The second kappa shape index (κ2) is 26.0. The Hall–Kier alpha value is -6.33. The van der Waals surface area contributed by atoms with E-state index >= 15 is 0 Å². The summed E-state index contributed by atoms with van der Waals surface area (Å²) >= 11 is 0. The lowest BCUT2D eigenvalue weighted by molar-refractivity contribution is -0.139. The number of nitrogens with one attached hydrogen (secondary N) is 7. The number of anilines is 1. The van der Waals surface area contributed by atoms with Gasteiger partial charge >= 0.3 is 5.97 Å². The van der Waals surface area contributed by atoms with Gasteiger partial charge in [-0.1, -0.05) is 39.2 Å². The van der Waals surface area contributed by atoms with E-state index in [4.69, 9.17) is 17.2 Å². The van der Waals surface area contributed by atoms with E-state index in [0.29, 0.717) is 24.8 Å². The predicted octanol–water partition coefficient (Wildman–Crippen LogP) is -2.53. The van der Waals surface area contributed by atoms with Crippen LogP contribution in [0.5, 0.6) is 5.75 Å². The largest absolute Gasteiger partial charge is 0.506 e. The number of nitrogens with two attached hydrogens (primary N) is 3. The Kier molecular flexibility index (Phi) is 21.3. The van der Waals surface area contributed by atoms with Crippen molar-refractivity contribution in [1.82, 2.24) is 37.2 Å². The summed E-state index contributed by atoms with van der Waals surface area (Å²) in [5.74, 6) is -10.8. The summed E-state index contributed by atoms with van der Waals surface area (Å²) in [6.07, 6.45) is 0.506. The maximum absolute atomic E-state index is 14.5. The molecule has 0 radical (unpaired) electrons. The third-order valence-electron chi connectivity index (χ3n) is 11.0. The van der Waals surface area contributed by atoms with E-state index in [1.54, 1.807) is 13.8 Å². The maximum atomic E-state index is 14.5. The molecule has 3 rings (SSSR count). The van der Waals surface area contributed by atoms with Crippen LogP contribution in [-0.4, -0.2) is 127 Å². The number of phenols is 1. The number of primary amides is 2. The maximum Gasteiger partial charge on any atom is 0.303 e. The number of amides is 9. The van der Waals surface area contributed by atoms with E-state index < -0.39 is 130 Å². The fraction of sp³-hybridized carbons (Fsp3) is 0.619. The number of hydrogen-bond acceptors (Lipinski definition) is 13. The van der Waals surface area contributed by atoms with Crippen molar-refractivity contribution in [3.05, 3.63) is 23.8 Å². The number of aliphatic carboxylic acids is 1. The molecule has 9 amide bonds. The average molecular weight is 949 g/mol. The third kappa shape index (κ3) is 17.9. The van der Waals surface area contributed by atoms with E-state index in [1.165, 1.54) is 18.2 Å². The van der Waals surface area contributed by atoms with E-state index in [2.05, 4.69) is 37.2 Å². The van der Waals surface area contributed by atoms with Crippen LogP contribution in [0.2, 0.25) is 0 Å². The molecule has 1 aromatic carbocycles. The van der Waals surface area contributed by atoms with Crippen molar-refractivity contribution in [1.29, 1.82) is 0 Å². The first-order valence-electron chi connectivity index (χ1n) is 21.9. The zero-order valence-corrected chi connectivity index (χ0v) is 38.1. The monoisotopic (exact) mass is 948 g/mol. The standard InChI is InChI=1S/C42H64N10O13S/c1-23(2)17-27-39(62)50-28(19-24-12-13-31(53)25(43)18-24)40(63)52-42(14-5-3-6-15-42)41(64)51-29(20-32(44)54)37(60)46-16-7-4-10-33(55)48-30(36(45)59)21-66(65)22-34(56)47-26(38(61)49-27)9-8-11-35(57)58/h12-13,18,23,26-30,53H,3-11,14-17,19-22,43H2,1-2H3,(H2,44,54)(H2,45,59)(H,46,60)(H,47,56)(H,48,55)(H,49,61)(H,50,62)(H,51,64)(H,52,63)(H,57,58)/t26-,27-,28-,29-,30+,66?/m0/s1. The Labute approximate surface area is 384 Å². The van der Waals surface area contributed by atoms with Gasteiger partial charge in [-0.2, -0.15) is 0 Å².